The summed E-state index contributed by atoms with van der Waals surface area (Å²) >= 11 is 0. The Morgan fingerprint density at radius 3 is 2.65 bits per heavy atom. The molecule has 2 aromatic heterocycles. The van der Waals surface area contributed by atoms with E-state index < -0.39 is 10.0 Å². The topological polar surface area (TPSA) is 91.4 Å². The Bertz CT molecular complexity index is 740. The van der Waals surface area contributed by atoms with E-state index in [1.54, 1.807) is 6.20 Å². The van der Waals surface area contributed by atoms with Gasteiger partial charge in [-0.3, -0.25) is 0 Å². The zero-order chi connectivity index (χ0) is 16.3. The zero-order valence-corrected chi connectivity index (χ0v) is 13.7. The smallest absolute Gasteiger partial charge is 0.276 e. The highest BCUT2D eigenvalue weighted by Gasteiger charge is 2.31. The first-order valence-corrected chi connectivity index (χ1v) is 8.89. The lowest BCUT2D eigenvalue weighted by Crippen LogP contribution is -2.49. The minimum Gasteiger partial charge on any atom is -0.490 e. The number of hydrogen-bond acceptors (Lipinski definition) is 6. The minimum atomic E-state index is -3.56. The normalized spacial score (nSPS) is 16.5. The third kappa shape index (κ3) is 3.15. The van der Waals surface area contributed by atoms with Crippen molar-refractivity contribution in [3.63, 3.8) is 0 Å². The number of aromatic amines is 1. The fourth-order valence-corrected chi connectivity index (χ4v) is 3.84. The van der Waals surface area contributed by atoms with E-state index >= 15 is 0 Å². The summed E-state index contributed by atoms with van der Waals surface area (Å²) < 4.78 is 31.9. The molecule has 0 aliphatic carbocycles. The summed E-state index contributed by atoms with van der Waals surface area (Å²) in [6.07, 6.45) is 4.65. The van der Waals surface area contributed by atoms with Gasteiger partial charge in [-0.1, -0.05) is 0 Å². The number of ether oxygens (including phenoxy) is 1. The molecule has 1 aliphatic rings. The van der Waals surface area contributed by atoms with E-state index in [1.165, 1.54) is 16.7 Å². The summed E-state index contributed by atoms with van der Waals surface area (Å²) in [4.78, 5) is 12.9. The summed E-state index contributed by atoms with van der Waals surface area (Å²) in [5.41, 5.74) is 0. The fourth-order valence-electron chi connectivity index (χ4n) is 2.54. The molecule has 1 aliphatic heterocycles. The highest BCUT2D eigenvalue weighted by atomic mass is 32.2. The van der Waals surface area contributed by atoms with Crippen LogP contribution in [0.4, 0.5) is 5.82 Å². The maximum atomic E-state index is 12.4. The van der Waals surface area contributed by atoms with Crippen LogP contribution in [0.25, 0.3) is 0 Å². The van der Waals surface area contributed by atoms with Crippen molar-refractivity contribution in [3.8, 4) is 5.75 Å². The van der Waals surface area contributed by atoms with Gasteiger partial charge in [0.2, 0.25) is 5.16 Å². The zero-order valence-electron chi connectivity index (χ0n) is 12.8. The lowest BCUT2D eigenvalue weighted by Gasteiger charge is -2.34. The average molecular weight is 337 g/mol. The molecule has 0 amide bonds. The first-order valence-electron chi connectivity index (χ1n) is 7.45. The van der Waals surface area contributed by atoms with Crippen molar-refractivity contribution in [1.82, 2.24) is 19.3 Å². The molecule has 3 rings (SSSR count). The lowest BCUT2D eigenvalue weighted by atomic mass is 10.3. The number of rotatable bonds is 5. The van der Waals surface area contributed by atoms with E-state index in [2.05, 4.69) is 15.0 Å². The first-order chi connectivity index (χ1) is 11.1. The largest absolute Gasteiger partial charge is 0.490 e. The van der Waals surface area contributed by atoms with E-state index in [4.69, 9.17) is 4.74 Å². The second kappa shape index (κ2) is 6.55. The highest BCUT2D eigenvalue weighted by molar-refractivity contribution is 7.88. The van der Waals surface area contributed by atoms with Gasteiger partial charge >= 0.3 is 0 Å². The predicted molar refractivity (Wildman–Crippen MR) is 85.0 cm³/mol. The molecule has 1 saturated heterocycles. The molecule has 0 saturated carbocycles. The van der Waals surface area contributed by atoms with Gasteiger partial charge < -0.3 is 14.6 Å². The number of pyridine rings is 1. The van der Waals surface area contributed by atoms with E-state index in [0.717, 1.165) is 11.6 Å². The Morgan fingerprint density at radius 1 is 1.22 bits per heavy atom. The third-order valence-electron chi connectivity index (χ3n) is 3.65. The lowest BCUT2D eigenvalue weighted by molar-refractivity contribution is 0.335. The van der Waals surface area contributed by atoms with Crippen molar-refractivity contribution in [1.29, 1.82) is 0 Å². The SMILES string of the molecule is CCOc1cccnc1N1CCN(S(=O)(=O)c2ncc[nH]2)CC1. The number of anilines is 1. The number of H-pyrrole nitrogens is 1. The van der Waals surface area contributed by atoms with Gasteiger partial charge in [-0.15, -0.1) is 0 Å². The van der Waals surface area contributed by atoms with Gasteiger partial charge in [-0.25, -0.2) is 18.4 Å². The molecule has 0 unspecified atom stereocenters. The van der Waals surface area contributed by atoms with Gasteiger partial charge in [-0.05, 0) is 19.1 Å². The number of aromatic nitrogens is 3. The summed E-state index contributed by atoms with van der Waals surface area (Å²) in [5, 5.41) is -0.0150. The standard InChI is InChI=1S/C14H19N5O3S/c1-2-22-12-4-3-5-15-13(12)18-8-10-19(11-9-18)23(20,21)14-16-6-7-17-14/h3-7H,2,8-11H2,1H3,(H,16,17). The van der Waals surface area contributed by atoms with Gasteiger partial charge in [0, 0.05) is 44.8 Å². The molecule has 3 heterocycles. The molecule has 0 bridgehead atoms. The second-order valence-corrected chi connectivity index (χ2v) is 6.90. The number of piperazine rings is 1. The molecule has 9 heteroatoms. The number of nitrogens with zero attached hydrogens (tertiary/aromatic N) is 4. The Labute approximate surface area is 135 Å². The molecule has 1 fully saturated rings. The highest BCUT2D eigenvalue weighted by Crippen LogP contribution is 2.27. The fraction of sp³-hybridized carbons (Fsp3) is 0.429. The Morgan fingerprint density at radius 2 is 2.00 bits per heavy atom. The van der Waals surface area contributed by atoms with Crippen molar-refractivity contribution in [3.05, 3.63) is 30.7 Å². The number of imidazole rings is 1. The van der Waals surface area contributed by atoms with Gasteiger partial charge in [0.05, 0.1) is 6.61 Å². The monoisotopic (exact) mass is 337 g/mol. The van der Waals surface area contributed by atoms with Crippen LogP contribution in [0, 0.1) is 0 Å². The van der Waals surface area contributed by atoms with Crippen LogP contribution in [0.1, 0.15) is 6.92 Å². The summed E-state index contributed by atoms with van der Waals surface area (Å²) in [6, 6.07) is 3.70. The van der Waals surface area contributed by atoms with Crippen LogP contribution >= 0.6 is 0 Å². The average Bonchev–Trinajstić information content (AvgIpc) is 3.11. The summed E-state index contributed by atoms with van der Waals surface area (Å²) in [5.74, 6) is 1.47. The van der Waals surface area contributed by atoms with Crippen molar-refractivity contribution in [2.24, 2.45) is 0 Å². The summed E-state index contributed by atoms with van der Waals surface area (Å²) in [7, 11) is -3.56. The molecule has 1 N–H and O–H groups in total. The van der Waals surface area contributed by atoms with E-state index in [9.17, 15) is 8.42 Å². The third-order valence-corrected chi connectivity index (χ3v) is 5.40. The quantitative estimate of drug-likeness (QED) is 0.864. The van der Waals surface area contributed by atoms with Crippen LogP contribution in [-0.2, 0) is 10.0 Å². The van der Waals surface area contributed by atoms with Crippen LogP contribution < -0.4 is 9.64 Å². The Kier molecular flexibility index (Phi) is 4.49. The van der Waals surface area contributed by atoms with Crippen LogP contribution in [0.15, 0.2) is 35.9 Å². The van der Waals surface area contributed by atoms with E-state index in [0.29, 0.717) is 32.8 Å². The maximum Gasteiger partial charge on any atom is 0.276 e. The maximum absolute atomic E-state index is 12.4. The predicted octanol–water partition coefficient (Wildman–Crippen LogP) is 0.714. The molecule has 23 heavy (non-hydrogen) atoms. The molecule has 0 atom stereocenters. The Balaban J connectivity index is 1.72. The van der Waals surface area contributed by atoms with Crippen molar-refractivity contribution >= 4 is 15.8 Å². The van der Waals surface area contributed by atoms with Crippen molar-refractivity contribution in [2.75, 3.05) is 37.7 Å². The Hall–Kier alpha value is -2.13. The van der Waals surface area contributed by atoms with Gasteiger partial charge in [0.1, 0.15) is 0 Å². The van der Waals surface area contributed by atoms with E-state index in [1.807, 2.05) is 24.0 Å². The molecule has 0 aromatic carbocycles. The molecule has 0 radical (unpaired) electrons. The minimum absolute atomic E-state index is 0.0150. The number of sulfonamides is 1. The number of hydrogen-bond donors (Lipinski definition) is 1. The van der Waals surface area contributed by atoms with Crippen LogP contribution in [-0.4, -0.2) is 60.5 Å². The molecule has 8 nitrogen and oxygen atoms in total. The van der Waals surface area contributed by atoms with E-state index in [-0.39, 0.29) is 5.16 Å². The van der Waals surface area contributed by atoms with Gasteiger partial charge in [-0.2, -0.15) is 4.31 Å². The van der Waals surface area contributed by atoms with Gasteiger partial charge in [0.25, 0.3) is 10.0 Å². The molecule has 0 spiro atoms. The summed E-state index contributed by atoms with van der Waals surface area (Å²) in [6.45, 7) is 4.35. The van der Waals surface area contributed by atoms with Gasteiger partial charge in [0.15, 0.2) is 11.6 Å². The van der Waals surface area contributed by atoms with Crippen LogP contribution in [0.3, 0.4) is 0 Å². The molecular weight excluding hydrogens is 318 g/mol. The van der Waals surface area contributed by atoms with Crippen molar-refractivity contribution in [2.45, 2.75) is 12.1 Å². The molecule has 124 valence electrons. The number of nitrogens with one attached hydrogen (secondary N) is 1. The van der Waals surface area contributed by atoms with Crippen LogP contribution in [0.5, 0.6) is 5.75 Å². The van der Waals surface area contributed by atoms with Crippen molar-refractivity contribution < 1.29 is 13.2 Å². The van der Waals surface area contributed by atoms with Crippen LogP contribution in [0.2, 0.25) is 0 Å². The molecule has 2 aromatic rings. The molecular formula is C14H19N5O3S. The first kappa shape index (κ1) is 15.8. The second-order valence-electron chi connectivity index (χ2n) is 5.04.